The molecule has 0 bridgehead atoms. The highest BCUT2D eigenvalue weighted by Gasteiger charge is 2.24. The fourth-order valence-electron chi connectivity index (χ4n) is 3.55. The van der Waals surface area contributed by atoms with Crippen LogP contribution in [0.3, 0.4) is 0 Å². The molecule has 2 fully saturated rings. The van der Waals surface area contributed by atoms with Gasteiger partial charge in [0.1, 0.15) is 0 Å². The molecule has 0 aromatic heterocycles. The molecule has 2 rings (SSSR count). The molecule has 2 nitrogen and oxygen atoms in total. The van der Waals surface area contributed by atoms with Gasteiger partial charge in [0.25, 0.3) is 0 Å². The van der Waals surface area contributed by atoms with Crippen LogP contribution in [0.15, 0.2) is 0 Å². The van der Waals surface area contributed by atoms with E-state index in [-0.39, 0.29) is 0 Å². The summed E-state index contributed by atoms with van der Waals surface area (Å²) >= 11 is 0. The van der Waals surface area contributed by atoms with Crippen molar-refractivity contribution < 1.29 is 0 Å². The summed E-state index contributed by atoms with van der Waals surface area (Å²) in [5, 5.41) is 0. The van der Waals surface area contributed by atoms with Gasteiger partial charge in [0.15, 0.2) is 0 Å². The summed E-state index contributed by atoms with van der Waals surface area (Å²) in [5.74, 6) is 0. The molecular formula is C16H32N2. The fraction of sp³-hybridized carbons (Fsp3) is 1.00. The Bertz CT molecular complexity index is 203. The third-order valence-electron chi connectivity index (χ3n) is 4.79. The maximum Gasteiger partial charge on any atom is 0.0120 e. The standard InChI is InChI=1S/C16H32N2/c1-2-3-4-6-11-17-14-9-16(10-15-17)18-12-7-5-8-13-18/h16H,2-15H2,1H3. The molecule has 18 heavy (non-hydrogen) atoms. The lowest BCUT2D eigenvalue weighted by atomic mass is 9.99. The van der Waals surface area contributed by atoms with E-state index >= 15 is 0 Å². The van der Waals surface area contributed by atoms with E-state index in [0.717, 1.165) is 6.04 Å². The molecule has 106 valence electrons. The molecule has 0 spiro atoms. The highest BCUT2D eigenvalue weighted by molar-refractivity contribution is 4.81. The van der Waals surface area contributed by atoms with Crippen molar-refractivity contribution in [2.24, 2.45) is 0 Å². The molecule has 2 heterocycles. The van der Waals surface area contributed by atoms with Gasteiger partial charge < -0.3 is 9.80 Å². The van der Waals surface area contributed by atoms with Crippen LogP contribution in [0.1, 0.15) is 64.7 Å². The van der Waals surface area contributed by atoms with Crippen LogP contribution in [0, 0.1) is 0 Å². The number of rotatable bonds is 6. The van der Waals surface area contributed by atoms with Crippen LogP contribution in [0.5, 0.6) is 0 Å². The molecule has 0 aromatic rings. The van der Waals surface area contributed by atoms with Crippen LogP contribution < -0.4 is 0 Å². The van der Waals surface area contributed by atoms with Gasteiger partial charge in [-0.05, 0) is 64.8 Å². The maximum atomic E-state index is 2.78. The van der Waals surface area contributed by atoms with Gasteiger partial charge >= 0.3 is 0 Å². The Morgan fingerprint density at radius 3 is 2.22 bits per heavy atom. The Kier molecular flexibility index (Phi) is 6.50. The van der Waals surface area contributed by atoms with E-state index in [9.17, 15) is 0 Å². The van der Waals surface area contributed by atoms with Crippen LogP contribution in [-0.2, 0) is 0 Å². The van der Waals surface area contributed by atoms with Crippen LogP contribution in [0.25, 0.3) is 0 Å². The van der Waals surface area contributed by atoms with Gasteiger partial charge in [-0.1, -0.05) is 32.6 Å². The van der Waals surface area contributed by atoms with Crippen LogP contribution >= 0.6 is 0 Å². The second-order valence-electron chi connectivity index (χ2n) is 6.23. The SMILES string of the molecule is CCCCCCN1CCC(N2CCCCC2)CC1. The highest BCUT2D eigenvalue weighted by atomic mass is 15.2. The van der Waals surface area contributed by atoms with Gasteiger partial charge in [-0.15, -0.1) is 0 Å². The first-order valence-corrected chi connectivity index (χ1v) is 8.36. The molecule has 2 aliphatic rings. The van der Waals surface area contributed by atoms with E-state index in [0.29, 0.717) is 0 Å². The Hall–Kier alpha value is -0.0800. The van der Waals surface area contributed by atoms with Crippen molar-refractivity contribution in [3.63, 3.8) is 0 Å². The Balaban J connectivity index is 1.58. The molecule has 2 saturated heterocycles. The summed E-state index contributed by atoms with van der Waals surface area (Å²) < 4.78 is 0. The summed E-state index contributed by atoms with van der Waals surface area (Å²) in [5.41, 5.74) is 0. The molecule has 0 aromatic carbocycles. The van der Waals surface area contributed by atoms with Crippen LogP contribution in [-0.4, -0.2) is 48.6 Å². The van der Waals surface area contributed by atoms with Crippen molar-refractivity contribution >= 4 is 0 Å². The van der Waals surface area contributed by atoms with Crippen LogP contribution in [0.2, 0.25) is 0 Å². The van der Waals surface area contributed by atoms with Crippen molar-refractivity contribution in [3.05, 3.63) is 0 Å². The average Bonchev–Trinajstić information content (AvgIpc) is 2.45. The lowest BCUT2D eigenvalue weighted by Gasteiger charge is -2.40. The summed E-state index contributed by atoms with van der Waals surface area (Å²) in [7, 11) is 0. The summed E-state index contributed by atoms with van der Waals surface area (Å²) in [4.78, 5) is 5.48. The minimum absolute atomic E-state index is 0.914. The van der Waals surface area contributed by atoms with Crippen molar-refractivity contribution in [1.82, 2.24) is 9.80 Å². The number of likely N-dealkylation sites (tertiary alicyclic amines) is 2. The minimum atomic E-state index is 0.914. The van der Waals surface area contributed by atoms with E-state index in [1.165, 1.54) is 90.5 Å². The number of nitrogens with zero attached hydrogens (tertiary/aromatic N) is 2. The quantitative estimate of drug-likeness (QED) is 0.667. The van der Waals surface area contributed by atoms with Crippen LogP contribution in [0.4, 0.5) is 0 Å². The predicted octanol–water partition coefficient (Wildman–Crippen LogP) is 3.52. The molecule has 0 radical (unpaired) electrons. The molecule has 0 N–H and O–H groups in total. The smallest absolute Gasteiger partial charge is 0.0120 e. The Morgan fingerprint density at radius 1 is 0.833 bits per heavy atom. The zero-order valence-corrected chi connectivity index (χ0v) is 12.4. The Morgan fingerprint density at radius 2 is 1.56 bits per heavy atom. The molecule has 0 aliphatic carbocycles. The predicted molar refractivity (Wildman–Crippen MR) is 79.0 cm³/mol. The molecule has 2 heteroatoms. The summed E-state index contributed by atoms with van der Waals surface area (Å²) in [6.07, 6.45) is 12.8. The summed E-state index contributed by atoms with van der Waals surface area (Å²) in [6.45, 7) is 9.11. The largest absolute Gasteiger partial charge is 0.303 e. The van der Waals surface area contributed by atoms with E-state index in [1.807, 2.05) is 0 Å². The van der Waals surface area contributed by atoms with E-state index in [2.05, 4.69) is 16.7 Å². The van der Waals surface area contributed by atoms with Gasteiger partial charge in [-0.2, -0.15) is 0 Å². The minimum Gasteiger partial charge on any atom is -0.303 e. The molecule has 0 unspecified atom stereocenters. The number of unbranched alkanes of at least 4 members (excludes halogenated alkanes) is 3. The third kappa shape index (κ3) is 4.55. The molecule has 0 saturated carbocycles. The maximum absolute atomic E-state index is 2.78. The average molecular weight is 252 g/mol. The highest BCUT2D eigenvalue weighted by Crippen LogP contribution is 2.21. The lowest BCUT2D eigenvalue weighted by Crippen LogP contribution is -2.46. The molecule has 2 aliphatic heterocycles. The van der Waals surface area contributed by atoms with E-state index in [4.69, 9.17) is 0 Å². The fourth-order valence-corrected chi connectivity index (χ4v) is 3.55. The van der Waals surface area contributed by atoms with Crippen molar-refractivity contribution in [2.45, 2.75) is 70.8 Å². The molecule has 0 atom stereocenters. The van der Waals surface area contributed by atoms with Gasteiger partial charge in [0, 0.05) is 6.04 Å². The zero-order chi connectivity index (χ0) is 12.6. The second-order valence-corrected chi connectivity index (χ2v) is 6.23. The molecular weight excluding hydrogens is 220 g/mol. The second kappa shape index (κ2) is 8.16. The van der Waals surface area contributed by atoms with Gasteiger partial charge in [-0.25, -0.2) is 0 Å². The van der Waals surface area contributed by atoms with E-state index in [1.54, 1.807) is 0 Å². The van der Waals surface area contributed by atoms with Gasteiger partial charge in [0.05, 0.1) is 0 Å². The zero-order valence-electron chi connectivity index (χ0n) is 12.4. The van der Waals surface area contributed by atoms with Crippen molar-refractivity contribution in [2.75, 3.05) is 32.7 Å². The normalized spacial score (nSPS) is 24.5. The monoisotopic (exact) mass is 252 g/mol. The van der Waals surface area contributed by atoms with Gasteiger partial charge in [0.2, 0.25) is 0 Å². The number of hydrogen-bond donors (Lipinski definition) is 0. The number of piperidine rings is 2. The van der Waals surface area contributed by atoms with Crippen molar-refractivity contribution in [1.29, 1.82) is 0 Å². The first-order chi connectivity index (χ1) is 8.90. The number of hydrogen-bond acceptors (Lipinski definition) is 2. The Labute approximate surface area is 114 Å². The summed E-state index contributed by atoms with van der Waals surface area (Å²) in [6, 6.07) is 0.914. The van der Waals surface area contributed by atoms with E-state index < -0.39 is 0 Å². The van der Waals surface area contributed by atoms with Gasteiger partial charge in [-0.3, -0.25) is 0 Å². The first kappa shape index (κ1) is 14.3. The molecule has 0 amide bonds. The topological polar surface area (TPSA) is 6.48 Å². The van der Waals surface area contributed by atoms with Crippen molar-refractivity contribution in [3.8, 4) is 0 Å². The third-order valence-corrected chi connectivity index (χ3v) is 4.79. The lowest BCUT2D eigenvalue weighted by molar-refractivity contribution is 0.0918. The first-order valence-electron chi connectivity index (χ1n) is 8.36.